The lowest BCUT2D eigenvalue weighted by Gasteiger charge is -2.27. The summed E-state index contributed by atoms with van der Waals surface area (Å²) in [5, 5.41) is 2.96. The van der Waals surface area contributed by atoms with Crippen molar-refractivity contribution >= 4 is 11.6 Å². The van der Waals surface area contributed by atoms with Crippen LogP contribution in [0, 0.1) is 0 Å². The number of hydrogen-bond donors (Lipinski definition) is 2. The minimum atomic E-state index is -0.192. The lowest BCUT2D eigenvalue weighted by molar-refractivity contribution is 0.0342. The van der Waals surface area contributed by atoms with Crippen LogP contribution in [0.4, 0.5) is 5.69 Å². The Morgan fingerprint density at radius 1 is 1.26 bits per heavy atom. The van der Waals surface area contributed by atoms with Crippen LogP contribution in [0.3, 0.4) is 0 Å². The second kappa shape index (κ2) is 7.41. The van der Waals surface area contributed by atoms with Crippen LogP contribution in [0.5, 0.6) is 0 Å². The second-order valence-electron chi connectivity index (χ2n) is 5.51. The number of amides is 1. The molecule has 1 aliphatic rings. The molecule has 122 valence electrons. The third-order valence-corrected chi connectivity index (χ3v) is 3.88. The van der Waals surface area contributed by atoms with Gasteiger partial charge < -0.3 is 20.2 Å². The summed E-state index contributed by atoms with van der Waals surface area (Å²) in [4.78, 5) is 14.7. The zero-order valence-corrected chi connectivity index (χ0v) is 13.0. The Hall–Kier alpha value is -2.15. The van der Waals surface area contributed by atoms with Gasteiger partial charge in [-0.2, -0.15) is 0 Å². The molecule has 1 saturated heterocycles. The molecule has 0 aliphatic carbocycles. The highest BCUT2D eigenvalue weighted by molar-refractivity contribution is 6.04. The van der Waals surface area contributed by atoms with Gasteiger partial charge in [0.1, 0.15) is 12.0 Å². The highest BCUT2D eigenvalue weighted by Gasteiger charge is 2.15. The van der Waals surface area contributed by atoms with E-state index in [0.29, 0.717) is 11.3 Å². The Morgan fingerprint density at radius 3 is 2.78 bits per heavy atom. The molecule has 1 amide bonds. The van der Waals surface area contributed by atoms with Gasteiger partial charge in [-0.05, 0) is 17.7 Å². The van der Waals surface area contributed by atoms with Gasteiger partial charge in [-0.1, -0.05) is 18.2 Å². The number of nitrogens with two attached hydrogens (primary N) is 1. The number of para-hydroxylation sites is 1. The summed E-state index contributed by atoms with van der Waals surface area (Å²) < 4.78 is 10.6. The Bertz CT molecular complexity index is 663. The number of carbonyl (C=O) groups excluding carboxylic acids is 1. The SMILES string of the molecule is NCc1cc(C(=O)Nc2ccccc2CN2CCOCC2)co1. The van der Waals surface area contributed by atoms with Gasteiger partial charge in [0.25, 0.3) is 5.91 Å². The van der Waals surface area contributed by atoms with Crippen LogP contribution in [0.2, 0.25) is 0 Å². The van der Waals surface area contributed by atoms with E-state index >= 15 is 0 Å². The van der Waals surface area contributed by atoms with E-state index < -0.39 is 0 Å². The first-order valence-electron chi connectivity index (χ1n) is 7.73. The Kier molecular flexibility index (Phi) is 5.07. The van der Waals surface area contributed by atoms with Gasteiger partial charge >= 0.3 is 0 Å². The molecule has 0 spiro atoms. The predicted octanol–water partition coefficient (Wildman–Crippen LogP) is 1.82. The number of hydrogen-bond acceptors (Lipinski definition) is 5. The summed E-state index contributed by atoms with van der Waals surface area (Å²) in [6.45, 7) is 4.39. The maximum absolute atomic E-state index is 12.3. The standard InChI is InChI=1S/C17H21N3O3/c18-10-15-9-14(12-23-15)17(21)19-16-4-2-1-3-13(16)11-20-5-7-22-8-6-20/h1-4,9,12H,5-8,10-11,18H2,(H,19,21). The molecule has 1 fully saturated rings. The largest absolute Gasteiger partial charge is 0.467 e. The maximum atomic E-state index is 12.3. The van der Waals surface area contributed by atoms with Gasteiger partial charge in [-0.25, -0.2) is 0 Å². The van der Waals surface area contributed by atoms with Crippen LogP contribution in [-0.2, 0) is 17.8 Å². The first-order chi connectivity index (χ1) is 11.3. The molecule has 1 aromatic heterocycles. The fraction of sp³-hybridized carbons (Fsp3) is 0.353. The highest BCUT2D eigenvalue weighted by Crippen LogP contribution is 2.19. The van der Waals surface area contributed by atoms with E-state index in [2.05, 4.69) is 10.2 Å². The number of carbonyl (C=O) groups is 1. The molecule has 0 radical (unpaired) electrons. The highest BCUT2D eigenvalue weighted by atomic mass is 16.5. The van der Waals surface area contributed by atoms with E-state index in [9.17, 15) is 4.79 Å². The van der Waals surface area contributed by atoms with Crippen molar-refractivity contribution in [3.63, 3.8) is 0 Å². The Morgan fingerprint density at radius 2 is 2.04 bits per heavy atom. The fourth-order valence-electron chi connectivity index (χ4n) is 2.58. The zero-order valence-electron chi connectivity index (χ0n) is 13.0. The summed E-state index contributed by atoms with van der Waals surface area (Å²) >= 11 is 0. The molecule has 3 rings (SSSR count). The number of anilines is 1. The van der Waals surface area contributed by atoms with Gasteiger partial charge in [0.2, 0.25) is 0 Å². The summed E-state index contributed by atoms with van der Waals surface area (Å²) in [5.41, 5.74) is 7.89. The van der Waals surface area contributed by atoms with Crippen molar-refractivity contribution in [2.24, 2.45) is 5.73 Å². The van der Waals surface area contributed by atoms with E-state index in [1.54, 1.807) is 6.07 Å². The summed E-state index contributed by atoms with van der Waals surface area (Å²) in [5.74, 6) is 0.402. The van der Waals surface area contributed by atoms with Gasteiger partial charge in [0.05, 0.1) is 25.3 Å². The van der Waals surface area contributed by atoms with Crippen LogP contribution >= 0.6 is 0 Å². The molecule has 0 saturated carbocycles. The second-order valence-corrected chi connectivity index (χ2v) is 5.51. The van der Waals surface area contributed by atoms with E-state index in [1.807, 2.05) is 24.3 Å². The average Bonchev–Trinajstić information content (AvgIpc) is 3.07. The smallest absolute Gasteiger partial charge is 0.258 e. The molecule has 2 heterocycles. The monoisotopic (exact) mass is 315 g/mol. The van der Waals surface area contributed by atoms with E-state index in [0.717, 1.165) is 44.1 Å². The summed E-state index contributed by atoms with van der Waals surface area (Å²) in [6.07, 6.45) is 1.43. The number of furan rings is 1. The van der Waals surface area contributed by atoms with Gasteiger partial charge in [0.15, 0.2) is 0 Å². The number of morpholine rings is 1. The van der Waals surface area contributed by atoms with Crippen LogP contribution < -0.4 is 11.1 Å². The van der Waals surface area contributed by atoms with E-state index in [-0.39, 0.29) is 12.5 Å². The molecular formula is C17H21N3O3. The molecule has 6 heteroatoms. The summed E-state index contributed by atoms with van der Waals surface area (Å²) in [7, 11) is 0. The molecule has 0 unspecified atom stereocenters. The normalized spacial score (nSPS) is 15.5. The quantitative estimate of drug-likeness (QED) is 0.880. The summed E-state index contributed by atoms with van der Waals surface area (Å²) in [6, 6.07) is 9.51. The molecule has 1 aromatic carbocycles. The minimum Gasteiger partial charge on any atom is -0.467 e. The van der Waals surface area contributed by atoms with Crippen LogP contribution in [0.15, 0.2) is 41.0 Å². The van der Waals surface area contributed by atoms with Crippen molar-refractivity contribution < 1.29 is 13.9 Å². The number of nitrogens with zero attached hydrogens (tertiary/aromatic N) is 1. The van der Waals surface area contributed by atoms with Gasteiger partial charge in [-0.15, -0.1) is 0 Å². The number of ether oxygens (including phenoxy) is 1. The van der Waals surface area contributed by atoms with Crippen molar-refractivity contribution in [2.45, 2.75) is 13.1 Å². The molecule has 6 nitrogen and oxygen atoms in total. The molecule has 1 aliphatic heterocycles. The average molecular weight is 315 g/mol. The van der Waals surface area contributed by atoms with E-state index in [4.69, 9.17) is 14.9 Å². The third-order valence-electron chi connectivity index (χ3n) is 3.88. The number of rotatable bonds is 5. The zero-order chi connectivity index (χ0) is 16.1. The molecule has 0 atom stereocenters. The fourth-order valence-corrected chi connectivity index (χ4v) is 2.58. The first kappa shape index (κ1) is 15.7. The molecular weight excluding hydrogens is 294 g/mol. The Balaban J connectivity index is 1.70. The molecule has 3 N–H and O–H groups in total. The van der Waals surface area contributed by atoms with Crippen LogP contribution in [0.1, 0.15) is 21.7 Å². The van der Waals surface area contributed by atoms with Crippen molar-refractivity contribution in [1.82, 2.24) is 4.90 Å². The van der Waals surface area contributed by atoms with Gasteiger partial charge in [-0.3, -0.25) is 9.69 Å². The van der Waals surface area contributed by atoms with Gasteiger partial charge in [0, 0.05) is 25.3 Å². The van der Waals surface area contributed by atoms with Crippen molar-refractivity contribution in [1.29, 1.82) is 0 Å². The molecule has 23 heavy (non-hydrogen) atoms. The van der Waals surface area contributed by atoms with Crippen LogP contribution in [0.25, 0.3) is 0 Å². The Labute approximate surface area is 135 Å². The number of benzene rings is 1. The lowest BCUT2D eigenvalue weighted by atomic mass is 10.1. The maximum Gasteiger partial charge on any atom is 0.258 e. The lowest BCUT2D eigenvalue weighted by Crippen LogP contribution is -2.35. The third kappa shape index (κ3) is 3.98. The first-order valence-corrected chi connectivity index (χ1v) is 7.73. The van der Waals surface area contributed by atoms with Crippen molar-refractivity contribution in [3.8, 4) is 0 Å². The molecule has 2 aromatic rings. The van der Waals surface area contributed by atoms with Crippen LogP contribution in [-0.4, -0.2) is 37.1 Å². The number of nitrogens with one attached hydrogen (secondary N) is 1. The van der Waals surface area contributed by atoms with Crippen molar-refractivity contribution in [2.75, 3.05) is 31.6 Å². The topological polar surface area (TPSA) is 80.7 Å². The predicted molar refractivity (Wildman–Crippen MR) is 87.1 cm³/mol. The van der Waals surface area contributed by atoms with E-state index in [1.165, 1.54) is 6.26 Å². The minimum absolute atomic E-state index is 0.192. The molecule has 0 bridgehead atoms. The van der Waals surface area contributed by atoms with Crippen molar-refractivity contribution in [3.05, 3.63) is 53.5 Å².